The Labute approximate surface area is 111 Å². The van der Waals surface area contributed by atoms with Crippen molar-refractivity contribution in [1.29, 1.82) is 0 Å². The molecule has 1 rings (SSSR count). The average Bonchev–Trinajstić information content (AvgIpc) is 2.15. The first kappa shape index (κ1) is 14.6. The van der Waals surface area contributed by atoms with Crippen LogP contribution in [0.1, 0.15) is 27.7 Å². The highest BCUT2D eigenvalue weighted by Gasteiger charge is 2.26. The van der Waals surface area contributed by atoms with E-state index in [1.807, 2.05) is 27.7 Å². The maximum Gasteiger partial charge on any atom is 0.242 e. The molecule has 1 aromatic rings. The summed E-state index contributed by atoms with van der Waals surface area (Å²) in [6, 6.07) is 1.37. The molecule has 0 aliphatic heterocycles. The van der Waals surface area contributed by atoms with Crippen LogP contribution in [-0.2, 0) is 10.0 Å². The number of nitrogens with zero attached hydrogens (tertiary/aromatic N) is 1. The minimum absolute atomic E-state index is 0.132. The van der Waals surface area contributed by atoms with Crippen LogP contribution in [0.2, 0.25) is 0 Å². The molecule has 1 unspecified atom stereocenters. The molecule has 0 saturated carbocycles. The Balaban J connectivity index is 2.98. The molecule has 0 spiro atoms. The van der Waals surface area contributed by atoms with Crippen molar-refractivity contribution in [3.05, 3.63) is 22.9 Å². The molecule has 1 heterocycles. The smallest absolute Gasteiger partial charge is 0.242 e. The molecule has 0 fully saturated rings. The summed E-state index contributed by atoms with van der Waals surface area (Å²) in [5.74, 6) is 0. The monoisotopic (exact) mass is 320 g/mol. The van der Waals surface area contributed by atoms with Crippen molar-refractivity contribution >= 4 is 26.0 Å². The molecule has 1 atom stereocenters. The van der Waals surface area contributed by atoms with Crippen molar-refractivity contribution in [2.45, 2.75) is 38.6 Å². The van der Waals surface area contributed by atoms with Crippen molar-refractivity contribution in [2.75, 3.05) is 0 Å². The standard InChI is InChI=1S/C11H17BrN2O2S/c1-8(11(2,3)4)14-17(15,16)10-5-9(12)6-13-7-10/h5-8,14H,1-4H3. The Morgan fingerprint density at radius 1 is 1.35 bits per heavy atom. The van der Waals surface area contributed by atoms with Crippen molar-refractivity contribution in [1.82, 2.24) is 9.71 Å². The summed E-state index contributed by atoms with van der Waals surface area (Å²) in [6.07, 6.45) is 2.88. The zero-order chi connectivity index (χ0) is 13.3. The molecule has 0 aliphatic carbocycles. The van der Waals surface area contributed by atoms with E-state index < -0.39 is 10.0 Å². The maximum absolute atomic E-state index is 12.1. The van der Waals surface area contributed by atoms with Crippen molar-refractivity contribution < 1.29 is 8.42 Å². The van der Waals surface area contributed by atoms with E-state index in [0.717, 1.165) is 0 Å². The van der Waals surface area contributed by atoms with Gasteiger partial charge in [0.1, 0.15) is 4.90 Å². The van der Waals surface area contributed by atoms with E-state index in [9.17, 15) is 8.42 Å². The van der Waals surface area contributed by atoms with Crippen LogP contribution < -0.4 is 4.72 Å². The van der Waals surface area contributed by atoms with E-state index in [0.29, 0.717) is 4.47 Å². The number of nitrogens with one attached hydrogen (secondary N) is 1. The quantitative estimate of drug-likeness (QED) is 0.931. The van der Waals surface area contributed by atoms with Gasteiger partial charge in [0, 0.05) is 22.9 Å². The second-order valence-electron chi connectivity index (χ2n) is 5.05. The van der Waals surface area contributed by atoms with Gasteiger partial charge in [-0.3, -0.25) is 4.98 Å². The largest absolute Gasteiger partial charge is 0.262 e. The molecule has 4 nitrogen and oxygen atoms in total. The minimum atomic E-state index is -3.51. The van der Waals surface area contributed by atoms with Gasteiger partial charge in [0.2, 0.25) is 10.0 Å². The van der Waals surface area contributed by atoms with Gasteiger partial charge >= 0.3 is 0 Å². The Kier molecular flexibility index (Phi) is 4.33. The predicted molar refractivity (Wildman–Crippen MR) is 71.2 cm³/mol. The van der Waals surface area contributed by atoms with Crippen LogP contribution in [0, 0.1) is 5.41 Å². The Hall–Kier alpha value is -0.460. The van der Waals surface area contributed by atoms with Crippen LogP contribution in [0.5, 0.6) is 0 Å². The summed E-state index contributed by atoms with van der Waals surface area (Å²) >= 11 is 3.21. The fraction of sp³-hybridized carbons (Fsp3) is 0.545. The summed E-state index contributed by atoms with van der Waals surface area (Å²) < 4.78 is 27.4. The second kappa shape index (κ2) is 5.04. The number of halogens is 1. The fourth-order valence-electron chi connectivity index (χ4n) is 1.02. The van der Waals surface area contributed by atoms with Crippen LogP contribution in [0.4, 0.5) is 0 Å². The average molecular weight is 321 g/mol. The fourth-order valence-corrected chi connectivity index (χ4v) is 2.97. The van der Waals surface area contributed by atoms with E-state index in [-0.39, 0.29) is 16.4 Å². The predicted octanol–water partition coefficient (Wildman–Crippen LogP) is 2.56. The van der Waals surface area contributed by atoms with Gasteiger partial charge in [-0.2, -0.15) is 0 Å². The van der Waals surface area contributed by atoms with Gasteiger partial charge in [0.25, 0.3) is 0 Å². The number of aromatic nitrogens is 1. The first-order valence-corrected chi connectivity index (χ1v) is 7.53. The Morgan fingerprint density at radius 3 is 2.41 bits per heavy atom. The number of rotatable bonds is 3. The molecule has 0 bridgehead atoms. The topological polar surface area (TPSA) is 59.1 Å². The lowest BCUT2D eigenvalue weighted by Crippen LogP contribution is -2.41. The van der Waals surface area contributed by atoms with Crippen LogP contribution in [0.25, 0.3) is 0 Å². The van der Waals surface area contributed by atoms with Crippen molar-refractivity contribution in [3.63, 3.8) is 0 Å². The van der Waals surface area contributed by atoms with Gasteiger partial charge in [-0.15, -0.1) is 0 Å². The second-order valence-corrected chi connectivity index (χ2v) is 7.68. The molecule has 0 amide bonds. The molecule has 1 aromatic heterocycles. The zero-order valence-electron chi connectivity index (χ0n) is 10.4. The molecule has 0 radical (unpaired) electrons. The maximum atomic E-state index is 12.1. The number of hydrogen-bond donors (Lipinski definition) is 1. The minimum Gasteiger partial charge on any atom is -0.262 e. The van der Waals surface area contributed by atoms with Crippen LogP contribution in [-0.4, -0.2) is 19.4 Å². The molecular weight excluding hydrogens is 304 g/mol. The van der Waals surface area contributed by atoms with Crippen LogP contribution >= 0.6 is 15.9 Å². The SMILES string of the molecule is CC(NS(=O)(=O)c1cncc(Br)c1)C(C)(C)C. The first-order chi connectivity index (χ1) is 7.63. The lowest BCUT2D eigenvalue weighted by atomic mass is 9.89. The molecule has 1 N–H and O–H groups in total. The van der Waals surface area contributed by atoms with Crippen LogP contribution in [0.3, 0.4) is 0 Å². The third-order valence-corrected chi connectivity index (χ3v) is 4.56. The van der Waals surface area contributed by atoms with Crippen LogP contribution in [0.15, 0.2) is 27.8 Å². The third kappa shape index (κ3) is 4.04. The van der Waals surface area contributed by atoms with Gasteiger partial charge in [-0.05, 0) is 34.3 Å². The van der Waals surface area contributed by atoms with Gasteiger partial charge in [-0.25, -0.2) is 13.1 Å². The summed E-state index contributed by atoms with van der Waals surface area (Å²) in [4.78, 5) is 4.02. The normalized spacial score (nSPS) is 14.6. The first-order valence-electron chi connectivity index (χ1n) is 5.26. The lowest BCUT2D eigenvalue weighted by molar-refractivity contribution is 0.317. The van der Waals surface area contributed by atoms with E-state index in [1.54, 1.807) is 6.20 Å². The molecular formula is C11H17BrN2O2S. The summed E-state index contributed by atoms with van der Waals surface area (Å²) in [5, 5.41) is 0. The number of sulfonamides is 1. The van der Waals surface area contributed by atoms with Gasteiger partial charge in [0.15, 0.2) is 0 Å². The summed E-state index contributed by atoms with van der Waals surface area (Å²) in [5.41, 5.74) is -0.132. The molecule has 0 saturated heterocycles. The number of pyridine rings is 1. The number of hydrogen-bond acceptors (Lipinski definition) is 3. The van der Waals surface area contributed by atoms with Gasteiger partial charge < -0.3 is 0 Å². The summed E-state index contributed by atoms with van der Waals surface area (Å²) in [6.45, 7) is 7.81. The van der Waals surface area contributed by atoms with E-state index in [1.165, 1.54) is 12.3 Å². The molecule has 0 aliphatic rings. The highest BCUT2D eigenvalue weighted by molar-refractivity contribution is 9.10. The van der Waals surface area contributed by atoms with Crippen molar-refractivity contribution in [2.24, 2.45) is 5.41 Å². The Morgan fingerprint density at radius 2 is 1.94 bits per heavy atom. The highest BCUT2D eigenvalue weighted by atomic mass is 79.9. The lowest BCUT2D eigenvalue weighted by Gasteiger charge is -2.27. The molecule has 96 valence electrons. The summed E-state index contributed by atoms with van der Waals surface area (Å²) in [7, 11) is -3.51. The molecule has 6 heteroatoms. The molecule has 0 aromatic carbocycles. The highest BCUT2D eigenvalue weighted by Crippen LogP contribution is 2.21. The van der Waals surface area contributed by atoms with E-state index in [2.05, 4.69) is 25.6 Å². The van der Waals surface area contributed by atoms with E-state index >= 15 is 0 Å². The van der Waals surface area contributed by atoms with Gasteiger partial charge in [0.05, 0.1) is 0 Å². The molecule has 17 heavy (non-hydrogen) atoms. The van der Waals surface area contributed by atoms with E-state index in [4.69, 9.17) is 0 Å². The third-order valence-electron chi connectivity index (χ3n) is 2.62. The Bertz CT molecular complexity index is 494. The zero-order valence-corrected chi connectivity index (χ0v) is 12.8. The van der Waals surface area contributed by atoms with Gasteiger partial charge in [-0.1, -0.05) is 20.8 Å². The van der Waals surface area contributed by atoms with Crippen molar-refractivity contribution in [3.8, 4) is 0 Å².